The molecule has 0 aliphatic rings. The van der Waals surface area contributed by atoms with Gasteiger partial charge in [0.25, 0.3) is 0 Å². The minimum Gasteiger partial charge on any atom is -0.480 e. The number of benzene rings is 1. The maximum atomic E-state index is 11.2. The molecule has 2 atom stereocenters. The highest BCUT2D eigenvalue weighted by molar-refractivity contribution is 5.75. The van der Waals surface area contributed by atoms with Crippen molar-refractivity contribution in [1.82, 2.24) is 5.32 Å². The molecule has 0 spiro atoms. The second kappa shape index (κ2) is 5.29. The third-order valence-corrected chi connectivity index (χ3v) is 2.71. The number of carboxylic acids is 1. The Kier molecular flexibility index (Phi) is 4.26. The molecular formula is C13H20N2O2. The van der Waals surface area contributed by atoms with E-state index in [-0.39, 0.29) is 6.04 Å². The van der Waals surface area contributed by atoms with E-state index in [9.17, 15) is 4.79 Å². The van der Waals surface area contributed by atoms with Gasteiger partial charge in [-0.15, -0.1) is 0 Å². The molecule has 0 bridgehead atoms. The molecule has 1 aromatic rings. The van der Waals surface area contributed by atoms with E-state index >= 15 is 0 Å². The molecule has 94 valence electrons. The number of nitrogens with two attached hydrogens (primary N) is 1. The first kappa shape index (κ1) is 13.7. The van der Waals surface area contributed by atoms with Crippen LogP contribution in [0.5, 0.6) is 0 Å². The van der Waals surface area contributed by atoms with Crippen LogP contribution in [0.3, 0.4) is 0 Å². The second-order valence-electron chi connectivity index (χ2n) is 4.89. The highest BCUT2D eigenvalue weighted by atomic mass is 16.4. The van der Waals surface area contributed by atoms with Crippen molar-refractivity contribution in [2.24, 2.45) is 5.73 Å². The zero-order valence-corrected chi connectivity index (χ0v) is 10.5. The third-order valence-electron chi connectivity index (χ3n) is 2.71. The minimum atomic E-state index is -0.930. The van der Waals surface area contributed by atoms with Gasteiger partial charge in [-0.25, -0.2) is 0 Å². The Morgan fingerprint density at radius 3 is 2.29 bits per heavy atom. The molecule has 0 amide bonds. The quantitative estimate of drug-likeness (QED) is 0.724. The lowest BCUT2D eigenvalue weighted by Crippen LogP contribution is -2.57. The molecule has 0 heterocycles. The molecule has 0 saturated heterocycles. The normalized spacial score (nSPS) is 15.3. The summed E-state index contributed by atoms with van der Waals surface area (Å²) in [5.41, 5.74) is 6.10. The maximum Gasteiger partial charge on any atom is 0.322 e. The summed E-state index contributed by atoms with van der Waals surface area (Å²) in [4.78, 5) is 11.2. The summed E-state index contributed by atoms with van der Waals surface area (Å²) in [5.74, 6) is -0.930. The monoisotopic (exact) mass is 236 g/mol. The van der Waals surface area contributed by atoms with Gasteiger partial charge in [0.1, 0.15) is 6.04 Å². The van der Waals surface area contributed by atoms with E-state index in [0.717, 1.165) is 5.56 Å². The lowest BCUT2D eigenvalue weighted by molar-refractivity contribution is -0.141. The SMILES string of the molecule is C[C@H](NC(C(=O)O)C(C)(C)N)c1ccccc1. The summed E-state index contributed by atoms with van der Waals surface area (Å²) in [7, 11) is 0. The van der Waals surface area contributed by atoms with Gasteiger partial charge in [0, 0.05) is 11.6 Å². The van der Waals surface area contributed by atoms with Crippen LogP contribution in [0.4, 0.5) is 0 Å². The minimum absolute atomic E-state index is 0.0554. The molecule has 4 heteroatoms. The van der Waals surface area contributed by atoms with Gasteiger partial charge < -0.3 is 10.8 Å². The summed E-state index contributed by atoms with van der Waals surface area (Å²) in [6.07, 6.45) is 0. The highest BCUT2D eigenvalue weighted by Gasteiger charge is 2.32. The molecule has 0 aliphatic carbocycles. The van der Waals surface area contributed by atoms with Crippen LogP contribution in [-0.4, -0.2) is 22.7 Å². The van der Waals surface area contributed by atoms with Crippen LogP contribution >= 0.6 is 0 Å². The van der Waals surface area contributed by atoms with Crippen molar-refractivity contribution in [3.63, 3.8) is 0 Å². The van der Waals surface area contributed by atoms with E-state index in [4.69, 9.17) is 10.8 Å². The first-order valence-corrected chi connectivity index (χ1v) is 5.65. The molecule has 0 saturated carbocycles. The number of aliphatic carboxylic acids is 1. The molecule has 0 aliphatic heterocycles. The van der Waals surface area contributed by atoms with Crippen LogP contribution in [0.2, 0.25) is 0 Å². The van der Waals surface area contributed by atoms with Crippen molar-refractivity contribution in [3.8, 4) is 0 Å². The van der Waals surface area contributed by atoms with Crippen molar-refractivity contribution in [3.05, 3.63) is 35.9 Å². The molecular weight excluding hydrogens is 216 g/mol. The van der Waals surface area contributed by atoms with Gasteiger partial charge in [0.05, 0.1) is 0 Å². The van der Waals surface area contributed by atoms with Gasteiger partial charge in [-0.3, -0.25) is 10.1 Å². The van der Waals surface area contributed by atoms with Gasteiger partial charge >= 0.3 is 5.97 Å². The molecule has 4 N–H and O–H groups in total. The molecule has 17 heavy (non-hydrogen) atoms. The number of carboxylic acid groups (broad SMARTS) is 1. The van der Waals surface area contributed by atoms with Gasteiger partial charge in [0.15, 0.2) is 0 Å². The summed E-state index contributed by atoms with van der Waals surface area (Å²) in [5, 5.41) is 12.2. The van der Waals surface area contributed by atoms with Crippen LogP contribution in [0.25, 0.3) is 0 Å². The Morgan fingerprint density at radius 1 is 1.35 bits per heavy atom. The predicted molar refractivity (Wildman–Crippen MR) is 67.7 cm³/mol. The number of carbonyl (C=O) groups is 1. The van der Waals surface area contributed by atoms with Gasteiger partial charge in [-0.2, -0.15) is 0 Å². The Balaban J connectivity index is 2.79. The number of hydrogen-bond donors (Lipinski definition) is 3. The molecule has 0 aromatic heterocycles. The van der Waals surface area contributed by atoms with Crippen molar-refractivity contribution in [2.45, 2.75) is 38.4 Å². The summed E-state index contributed by atoms with van der Waals surface area (Å²) in [6, 6.07) is 8.86. The van der Waals surface area contributed by atoms with Gasteiger partial charge in [-0.05, 0) is 26.3 Å². The molecule has 4 nitrogen and oxygen atoms in total. The predicted octanol–water partition coefficient (Wildman–Crippen LogP) is 1.53. The van der Waals surface area contributed by atoms with Crippen LogP contribution in [0.1, 0.15) is 32.4 Å². The van der Waals surface area contributed by atoms with Gasteiger partial charge in [-0.1, -0.05) is 30.3 Å². The average Bonchev–Trinajstić information content (AvgIpc) is 2.24. The Labute approximate surface area is 102 Å². The van der Waals surface area contributed by atoms with E-state index in [1.807, 2.05) is 37.3 Å². The Bertz CT molecular complexity index is 371. The highest BCUT2D eigenvalue weighted by Crippen LogP contribution is 2.15. The summed E-state index contributed by atoms with van der Waals surface area (Å²) < 4.78 is 0. The standard InChI is InChI=1S/C13H20N2O2/c1-9(10-7-5-4-6-8-10)15-11(12(16)17)13(2,3)14/h4-9,11,15H,14H2,1-3H3,(H,16,17)/t9-,11?/m0/s1. The van der Waals surface area contributed by atoms with E-state index in [1.54, 1.807) is 13.8 Å². The van der Waals surface area contributed by atoms with Crippen LogP contribution < -0.4 is 11.1 Å². The van der Waals surface area contributed by atoms with Gasteiger partial charge in [0.2, 0.25) is 0 Å². The van der Waals surface area contributed by atoms with Crippen molar-refractivity contribution >= 4 is 5.97 Å². The van der Waals surface area contributed by atoms with Crippen LogP contribution in [0.15, 0.2) is 30.3 Å². The molecule has 0 fully saturated rings. The van der Waals surface area contributed by atoms with E-state index < -0.39 is 17.6 Å². The number of rotatable bonds is 5. The fourth-order valence-electron chi connectivity index (χ4n) is 1.69. The van der Waals surface area contributed by atoms with E-state index in [0.29, 0.717) is 0 Å². The lowest BCUT2D eigenvalue weighted by Gasteiger charge is -2.30. The lowest BCUT2D eigenvalue weighted by atomic mass is 9.94. The smallest absolute Gasteiger partial charge is 0.322 e. The largest absolute Gasteiger partial charge is 0.480 e. The van der Waals surface area contributed by atoms with Crippen LogP contribution in [-0.2, 0) is 4.79 Å². The molecule has 1 unspecified atom stereocenters. The first-order valence-electron chi connectivity index (χ1n) is 5.65. The van der Waals surface area contributed by atoms with E-state index in [2.05, 4.69) is 5.32 Å². The fourth-order valence-corrected chi connectivity index (χ4v) is 1.69. The Morgan fingerprint density at radius 2 is 1.88 bits per heavy atom. The average molecular weight is 236 g/mol. The zero-order valence-electron chi connectivity index (χ0n) is 10.5. The van der Waals surface area contributed by atoms with Crippen molar-refractivity contribution in [1.29, 1.82) is 0 Å². The molecule has 1 aromatic carbocycles. The first-order chi connectivity index (χ1) is 7.82. The van der Waals surface area contributed by atoms with E-state index in [1.165, 1.54) is 0 Å². The summed E-state index contributed by atoms with van der Waals surface area (Å²) in [6.45, 7) is 5.34. The Hall–Kier alpha value is -1.39. The molecule has 1 rings (SSSR count). The number of hydrogen-bond acceptors (Lipinski definition) is 3. The fraction of sp³-hybridized carbons (Fsp3) is 0.462. The topological polar surface area (TPSA) is 75.3 Å². The van der Waals surface area contributed by atoms with Crippen molar-refractivity contribution in [2.75, 3.05) is 0 Å². The maximum absolute atomic E-state index is 11.2. The molecule has 0 radical (unpaired) electrons. The third kappa shape index (κ3) is 3.84. The van der Waals surface area contributed by atoms with Crippen molar-refractivity contribution < 1.29 is 9.90 Å². The number of nitrogens with one attached hydrogen (secondary N) is 1. The zero-order chi connectivity index (χ0) is 13.1. The second-order valence-corrected chi connectivity index (χ2v) is 4.89. The summed E-state index contributed by atoms with van der Waals surface area (Å²) >= 11 is 0. The van der Waals surface area contributed by atoms with Crippen LogP contribution in [0, 0.1) is 0 Å².